The Bertz CT molecular complexity index is 323. The average Bonchev–Trinajstić information content (AvgIpc) is 2.57. The summed E-state index contributed by atoms with van der Waals surface area (Å²) in [5.41, 5.74) is 0. The van der Waals surface area contributed by atoms with Crippen molar-refractivity contribution in [1.82, 2.24) is 5.32 Å². The smallest absolute Gasteiger partial charge is 0.285 e. The van der Waals surface area contributed by atoms with Crippen LogP contribution in [0.3, 0.4) is 0 Å². The summed E-state index contributed by atoms with van der Waals surface area (Å²) in [6.45, 7) is 2.20. The molecule has 0 bridgehead atoms. The number of nitrogens with one attached hydrogen (secondary N) is 1. The summed E-state index contributed by atoms with van der Waals surface area (Å²) in [6.07, 6.45) is 13.5. The molecule has 1 heterocycles. The van der Waals surface area contributed by atoms with Crippen molar-refractivity contribution in [2.24, 2.45) is 10.9 Å². The van der Waals surface area contributed by atoms with Gasteiger partial charge >= 0.3 is 0 Å². The standard InChI is InChI=1S/C16H28N2O/c1-12-11-13-7-5-6-10-15(13)18-16(19-12)17-14-8-3-2-4-9-14/h12-15H,2-11H2,1H3,(H,17,18). The third kappa shape index (κ3) is 3.43. The number of aliphatic imine (C=N–C) groups is 1. The lowest BCUT2D eigenvalue weighted by Crippen LogP contribution is -2.39. The Kier molecular flexibility index (Phi) is 4.29. The highest BCUT2D eigenvalue weighted by Gasteiger charge is 2.31. The van der Waals surface area contributed by atoms with Crippen molar-refractivity contribution in [3.8, 4) is 0 Å². The van der Waals surface area contributed by atoms with E-state index < -0.39 is 0 Å². The van der Waals surface area contributed by atoms with E-state index in [2.05, 4.69) is 12.2 Å². The van der Waals surface area contributed by atoms with Crippen molar-refractivity contribution in [3.05, 3.63) is 0 Å². The van der Waals surface area contributed by atoms with Gasteiger partial charge in [-0.1, -0.05) is 32.1 Å². The monoisotopic (exact) mass is 264 g/mol. The third-order valence-corrected chi connectivity index (χ3v) is 5.03. The second kappa shape index (κ2) is 6.15. The minimum Gasteiger partial charge on any atom is -0.462 e. The molecule has 2 saturated carbocycles. The van der Waals surface area contributed by atoms with E-state index in [9.17, 15) is 0 Å². The summed E-state index contributed by atoms with van der Waals surface area (Å²) in [5.74, 6) is 0.759. The molecule has 19 heavy (non-hydrogen) atoms. The number of hydrogen-bond donors (Lipinski definition) is 1. The van der Waals surface area contributed by atoms with Gasteiger partial charge in [0.1, 0.15) is 0 Å². The minimum absolute atomic E-state index is 0.322. The first-order chi connectivity index (χ1) is 9.31. The van der Waals surface area contributed by atoms with Crippen LogP contribution in [0, 0.1) is 5.92 Å². The van der Waals surface area contributed by atoms with E-state index in [0.29, 0.717) is 18.2 Å². The van der Waals surface area contributed by atoms with E-state index in [4.69, 9.17) is 9.73 Å². The van der Waals surface area contributed by atoms with Crippen LogP contribution in [0.5, 0.6) is 0 Å². The van der Waals surface area contributed by atoms with Crippen molar-refractivity contribution in [3.63, 3.8) is 0 Å². The largest absolute Gasteiger partial charge is 0.462 e. The highest BCUT2D eigenvalue weighted by molar-refractivity contribution is 5.74. The van der Waals surface area contributed by atoms with Gasteiger partial charge in [-0.05, 0) is 44.9 Å². The fourth-order valence-corrected chi connectivity index (χ4v) is 3.97. The molecule has 3 heteroatoms. The second-order valence-electron chi connectivity index (χ2n) is 6.69. The van der Waals surface area contributed by atoms with E-state index in [1.807, 2.05) is 0 Å². The highest BCUT2D eigenvalue weighted by Crippen LogP contribution is 2.33. The van der Waals surface area contributed by atoms with Crippen LogP contribution in [0.25, 0.3) is 0 Å². The molecule has 3 unspecified atom stereocenters. The molecule has 1 aliphatic heterocycles. The molecule has 0 saturated heterocycles. The quantitative estimate of drug-likeness (QED) is 0.784. The molecule has 0 radical (unpaired) electrons. The molecule has 3 aliphatic rings. The molecular formula is C16H28N2O. The van der Waals surface area contributed by atoms with Crippen LogP contribution in [-0.4, -0.2) is 24.2 Å². The first-order valence-corrected chi connectivity index (χ1v) is 8.32. The van der Waals surface area contributed by atoms with Gasteiger partial charge in [-0.3, -0.25) is 0 Å². The maximum atomic E-state index is 6.04. The molecule has 3 atom stereocenters. The lowest BCUT2D eigenvalue weighted by molar-refractivity contribution is 0.159. The maximum absolute atomic E-state index is 6.04. The number of nitrogens with zero attached hydrogens (tertiary/aromatic N) is 1. The highest BCUT2D eigenvalue weighted by atomic mass is 16.5. The Morgan fingerprint density at radius 3 is 2.58 bits per heavy atom. The van der Waals surface area contributed by atoms with Crippen LogP contribution in [-0.2, 0) is 4.74 Å². The van der Waals surface area contributed by atoms with Crippen molar-refractivity contribution < 1.29 is 4.74 Å². The SMILES string of the molecule is CC1CC2CCCCC2N=C(NC2CCCCC2)O1. The fraction of sp³-hybridized carbons (Fsp3) is 0.938. The van der Waals surface area contributed by atoms with Gasteiger partial charge < -0.3 is 10.1 Å². The summed E-state index contributed by atoms with van der Waals surface area (Å²) in [6, 6.07) is 1.97. The second-order valence-corrected chi connectivity index (χ2v) is 6.69. The van der Waals surface area contributed by atoms with Gasteiger partial charge in [-0.25, -0.2) is 4.99 Å². The molecule has 0 amide bonds. The van der Waals surface area contributed by atoms with Crippen LogP contribution in [0.4, 0.5) is 0 Å². The molecule has 0 aromatic heterocycles. The summed E-state index contributed by atoms with van der Waals surface area (Å²) >= 11 is 0. The van der Waals surface area contributed by atoms with Gasteiger partial charge in [0.15, 0.2) is 0 Å². The number of fused-ring (bicyclic) bond motifs is 1. The molecule has 108 valence electrons. The Hall–Kier alpha value is -0.730. The van der Waals surface area contributed by atoms with Crippen LogP contribution in [0.15, 0.2) is 4.99 Å². The Balaban J connectivity index is 1.65. The van der Waals surface area contributed by atoms with Crippen LogP contribution < -0.4 is 5.32 Å². The zero-order valence-electron chi connectivity index (χ0n) is 12.2. The topological polar surface area (TPSA) is 33.6 Å². The van der Waals surface area contributed by atoms with Crippen molar-refractivity contribution >= 4 is 6.02 Å². The molecule has 0 spiro atoms. The van der Waals surface area contributed by atoms with Crippen LogP contribution in [0.1, 0.15) is 71.1 Å². The lowest BCUT2D eigenvalue weighted by Gasteiger charge is -2.27. The van der Waals surface area contributed by atoms with E-state index in [0.717, 1.165) is 11.9 Å². The predicted octanol–water partition coefficient (Wildman–Crippen LogP) is 3.63. The minimum atomic E-state index is 0.322. The summed E-state index contributed by atoms with van der Waals surface area (Å²) in [7, 11) is 0. The van der Waals surface area contributed by atoms with E-state index >= 15 is 0 Å². The molecule has 0 aromatic carbocycles. The molecular weight excluding hydrogens is 236 g/mol. The summed E-state index contributed by atoms with van der Waals surface area (Å²) in [5, 5.41) is 3.59. The predicted molar refractivity (Wildman–Crippen MR) is 78.4 cm³/mol. The molecule has 2 aliphatic carbocycles. The average molecular weight is 264 g/mol. The van der Waals surface area contributed by atoms with E-state index in [-0.39, 0.29) is 0 Å². The fourth-order valence-electron chi connectivity index (χ4n) is 3.97. The van der Waals surface area contributed by atoms with E-state index in [1.165, 1.54) is 64.2 Å². The lowest BCUT2D eigenvalue weighted by atomic mass is 9.82. The van der Waals surface area contributed by atoms with Gasteiger partial charge in [0.25, 0.3) is 6.02 Å². The van der Waals surface area contributed by atoms with Gasteiger partial charge in [0.05, 0.1) is 12.1 Å². The molecule has 1 N–H and O–H groups in total. The third-order valence-electron chi connectivity index (χ3n) is 5.03. The molecule has 3 rings (SSSR count). The zero-order valence-corrected chi connectivity index (χ0v) is 12.2. The Labute approximate surface area is 117 Å². The van der Waals surface area contributed by atoms with Crippen molar-refractivity contribution in [2.75, 3.05) is 0 Å². The zero-order chi connectivity index (χ0) is 13.1. The van der Waals surface area contributed by atoms with Crippen molar-refractivity contribution in [2.45, 2.75) is 89.3 Å². The first-order valence-electron chi connectivity index (χ1n) is 8.32. The normalized spacial score (nSPS) is 36.7. The number of rotatable bonds is 1. The van der Waals surface area contributed by atoms with Crippen molar-refractivity contribution in [1.29, 1.82) is 0 Å². The van der Waals surface area contributed by atoms with Gasteiger partial charge in [-0.2, -0.15) is 0 Å². The molecule has 0 aromatic rings. The van der Waals surface area contributed by atoms with Crippen LogP contribution in [0.2, 0.25) is 0 Å². The number of amidine groups is 1. The number of hydrogen-bond acceptors (Lipinski definition) is 3. The number of ether oxygens (including phenoxy) is 1. The Morgan fingerprint density at radius 2 is 1.74 bits per heavy atom. The Morgan fingerprint density at radius 1 is 1.00 bits per heavy atom. The maximum Gasteiger partial charge on any atom is 0.285 e. The molecule has 2 fully saturated rings. The first kappa shape index (κ1) is 13.3. The van der Waals surface area contributed by atoms with E-state index in [1.54, 1.807) is 0 Å². The van der Waals surface area contributed by atoms with Gasteiger partial charge in [0, 0.05) is 6.04 Å². The molecule has 3 nitrogen and oxygen atoms in total. The van der Waals surface area contributed by atoms with Gasteiger partial charge in [-0.15, -0.1) is 0 Å². The summed E-state index contributed by atoms with van der Waals surface area (Å²) < 4.78 is 6.04. The van der Waals surface area contributed by atoms with Gasteiger partial charge in [0.2, 0.25) is 0 Å². The summed E-state index contributed by atoms with van der Waals surface area (Å²) in [4.78, 5) is 4.93. The van der Waals surface area contributed by atoms with Crippen LogP contribution >= 0.6 is 0 Å².